The molecule has 0 saturated carbocycles. The van der Waals surface area contributed by atoms with Crippen molar-refractivity contribution in [3.8, 4) is 5.75 Å². The number of nitrogens with one attached hydrogen (secondary N) is 2. The van der Waals surface area contributed by atoms with Crippen LogP contribution in [0.5, 0.6) is 5.75 Å². The van der Waals surface area contributed by atoms with Gasteiger partial charge in [0.15, 0.2) is 9.84 Å². The summed E-state index contributed by atoms with van der Waals surface area (Å²) < 4.78 is 29.5. The van der Waals surface area contributed by atoms with Crippen molar-refractivity contribution in [2.75, 3.05) is 18.7 Å². The first kappa shape index (κ1) is 22.6. The van der Waals surface area contributed by atoms with Gasteiger partial charge in [0.05, 0.1) is 19.3 Å². The third-order valence-corrected chi connectivity index (χ3v) is 5.27. The van der Waals surface area contributed by atoms with Crippen LogP contribution in [-0.4, -0.2) is 42.8 Å². The van der Waals surface area contributed by atoms with E-state index in [2.05, 4.69) is 20.9 Å². The summed E-state index contributed by atoms with van der Waals surface area (Å²) in [5, 5.41) is 14.1. The highest BCUT2D eigenvalue weighted by atomic mass is 35.5. The van der Waals surface area contributed by atoms with Gasteiger partial charge in [-0.15, -0.1) is 5.10 Å². The van der Waals surface area contributed by atoms with Crippen molar-refractivity contribution in [2.24, 2.45) is 0 Å². The predicted molar refractivity (Wildman–Crippen MR) is 118 cm³/mol. The molecular weight excluding hydrogens is 442 g/mol. The minimum atomic E-state index is -3.29. The first-order valence-electron chi connectivity index (χ1n) is 9.25. The highest BCUT2D eigenvalue weighted by Crippen LogP contribution is 2.20. The zero-order valence-corrected chi connectivity index (χ0v) is 18.5. The molecule has 2 amide bonds. The van der Waals surface area contributed by atoms with Gasteiger partial charge in [0, 0.05) is 17.0 Å². The number of aromatic nitrogens is 3. The smallest absolute Gasteiger partial charge is 0.319 e. The molecule has 0 radical (unpaired) electrons. The Bertz CT molecular complexity index is 1130. The predicted octanol–water partition coefficient (Wildman–Crippen LogP) is 3.05. The number of benzene rings is 2. The van der Waals surface area contributed by atoms with Crippen LogP contribution in [0.1, 0.15) is 17.3 Å². The van der Waals surface area contributed by atoms with E-state index in [1.54, 1.807) is 31.4 Å². The summed E-state index contributed by atoms with van der Waals surface area (Å²) in [6, 6.07) is 13.1. The maximum Gasteiger partial charge on any atom is 0.319 e. The number of carbonyl (C=O) groups excluding carboxylic acids is 1. The van der Waals surface area contributed by atoms with Crippen LogP contribution in [0.15, 0.2) is 54.7 Å². The molecule has 0 fully saturated rings. The molecule has 0 bridgehead atoms. The van der Waals surface area contributed by atoms with Crippen molar-refractivity contribution < 1.29 is 17.9 Å². The topological polar surface area (TPSA) is 115 Å². The van der Waals surface area contributed by atoms with Crippen LogP contribution in [0.2, 0.25) is 5.02 Å². The number of methoxy groups -OCH3 is 1. The Hall–Kier alpha value is -3.11. The highest BCUT2D eigenvalue weighted by Gasteiger charge is 2.20. The molecule has 0 aliphatic rings. The lowest BCUT2D eigenvalue weighted by Crippen LogP contribution is -2.34. The third kappa shape index (κ3) is 6.97. The summed E-state index contributed by atoms with van der Waals surface area (Å²) in [6.07, 6.45) is 3.04. The molecule has 9 nitrogen and oxygen atoms in total. The summed E-state index contributed by atoms with van der Waals surface area (Å²) in [4.78, 5) is 12.6. The standard InChI is InChI=1S/C20H22ClN5O4S/c1-30-17-9-3-14(4-10-17)11-18(19-12-26(25-24-19)13-31(2,28)29)23-20(27)22-16-7-5-15(21)6-8-16/h3-10,12,18H,11,13H2,1-2H3,(H2,22,23,27)/t18-/m0/s1. The number of anilines is 1. The lowest BCUT2D eigenvalue weighted by atomic mass is 10.0. The van der Waals surface area contributed by atoms with Crippen LogP contribution in [-0.2, 0) is 22.1 Å². The second kappa shape index (κ2) is 9.80. The zero-order chi connectivity index (χ0) is 22.4. The number of hydrogen-bond acceptors (Lipinski definition) is 6. The fourth-order valence-electron chi connectivity index (χ4n) is 2.86. The number of urea groups is 1. The number of rotatable bonds is 8. The first-order valence-corrected chi connectivity index (χ1v) is 11.7. The van der Waals surface area contributed by atoms with Gasteiger partial charge >= 0.3 is 6.03 Å². The minimum Gasteiger partial charge on any atom is -0.497 e. The Balaban J connectivity index is 1.79. The molecule has 0 spiro atoms. The average molecular weight is 464 g/mol. The van der Waals surface area contributed by atoms with Gasteiger partial charge in [-0.05, 0) is 48.4 Å². The summed E-state index contributed by atoms with van der Waals surface area (Å²) in [7, 11) is -1.70. The van der Waals surface area contributed by atoms with Gasteiger partial charge in [0.2, 0.25) is 0 Å². The lowest BCUT2D eigenvalue weighted by Gasteiger charge is -2.17. The van der Waals surface area contributed by atoms with E-state index in [4.69, 9.17) is 16.3 Å². The maximum absolute atomic E-state index is 12.6. The largest absolute Gasteiger partial charge is 0.497 e. The van der Waals surface area contributed by atoms with Gasteiger partial charge in [0.25, 0.3) is 0 Å². The van der Waals surface area contributed by atoms with Crippen LogP contribution in [0.25, 0.3) is 0 Å². The summed E-state index contributed by atoms with van der Waals surface area (Å²) in [5.41, 5.74) is 1.94. The van der Waals surface area contributed by atoms with E-state index in [9.17, 15) is 13.2 Å². The van der Waals surface area contributed by atoms with Gasteiger partial charge in [-0.25, -0.2) is 17.9 Å². The molecule has 31 heavy (non-hydrogen) atoms. The molecule has 0 aliphatic carbocycles. The fraction of sp³-hybridized carbons (Fsp3) is 0.250. The van der Waals surface area contributed by atoms with Crippen LogP contribution >= 0.6 is 11.6 Å². The Morgan fingerprint density at radius 3 is 2.45 bits per heavy atom. The fourth-order valence-corrected chi connectivity index (χ4v) is 3.59. The molecule has 0 aliphatic heterocycles. The molecular formula is C20H22ClN5O4S. The molecule has 11 heteroatoms. The number of nitrogens with zero attached hydrogens (tertiary/aromatic N) is 3. The Morgan fingerprint density at radius 1 is 1.16 bits per heavy atom. The number of amides is 2. The van der Waals surface area contributed by atoms with Crippen LogP contribution < -0.4 is 15.4 Å². The van der Waals surface area contributed by atoms with Gasteiger partial charge < -0.3 is 15.4 Å². The molecule has 1 atom stereocenters. The van der Waals surface area contributed by atoms with Crippen molar-refractivity contribution in [1.29, 1.82) is 0 Å². The van der Waals surface area contributed by atoms with Crippen molar-refractivity contribution in [1.82, 2.24) is 20.3 Å². The monoisotopic (exact) mass is 463 g/mol. The minimum absolute atomic E-state index is 0.299. The Kier molecular flexibility index (Phi) is 7.13. The summed E-state index contributed by atoms with van der Waals surface area (Å²) in [5.74, 6) is 0.416. The van der Waals surface area contributed by atoms with Crippen LogP contribution in [0.3, 0.4) is 0 Å². The Labute approximate surface area is 185 Å². The normalized spacial score (nSPS) is 12.2. The molecule has 164 valence electrons. The van der Waals surface area contributed by atoms with Crippen molar-refractivity contribution in [3.05, 3.63) is 71.0 Å². The van der Waals surface area contributed by atoms with Crippen molar-refractivity contribution in [3.63, 3.8) is 0 Å². The molecule has 1 heterocycles. The second-order valence-electron chi connectivity index (χ2n) is 6.95. The summed E-state index contributed by atoms with van der Waals surface area (Å²) in [6.45, 7) is 0. The van der Waals surface area contributed by atoms with Gasteiger partial charge in [-0.2, -0.15) is 0 Å². The molecule has 0 unspecified atom stereocenters. The van der Waals surface area contributed by atoms with E-state index in [-0.39, 0.29) is 5.88 Å². The molecule has 0 saturated heterocycles. The maximum atomic E-state index is 12.6. The molecule has 3 rings (SSSR count). The van der Waals surface area contributed by atoms with E-state index >= 15 is 0 Å². The van der Waals surface area contributed by atoms with E-state index in [1.807, 2.05) is 24.3 Å². The Morgan fingerprint density at radius 2 is 1.84 bits per heavy atom. The molecule has 2 aromatic carbocycles. The second-order valence-corrected chi connectivity index (χ2v) is 9.49. The number of halogens is 1. The number of sulfone groups is 1. The van der Waals surface area contributed by atoms with Crippen LogP contribution in [0.4, 0.5) is 10.5 Å². The highest BCUT2D eigenvalue weighted by molar-refractivity contribution is 7.89. The molecule has 2 N–H and O–H groups in total. The van der Waals surface area contributed by atoms with E-state index in [0.29, 0.717) is 28.6 Å². The van der Waals surface area contributed by atoms with Gasteiger partial charge in [-0.3, -0.25) is 0 Å². The average Bonchev–Trinajstić information content (AvgIpc) is 3.16. The van der Waals surface area contributed by atoms with Crippen molar-refractivity contribution in [2.45, 2.75) is 18.3 Å². The van der Waals surface area contributed by atoms with E-state index in [1.165, 1.54) is 10.9 Å². The zero-order valence-electron chi connectivity index (χ0n) is 16.9. The summed E-state index contributed by atoms with van der Waals surface area (Å²) >= 11 is 5.87. The van der Waals surface area contributed by atoms with Crippen molar-refractivity contribution >= 4 is 33.2 Å². The number of carbonyl (C=O) groups is 1. The van der Waals surface area contributed by atoms with E-state index in [0.717, 1.165) is 11.8 Å². The lowest BCUT2D eigenvalue weighted by molar-refractivity contribution is 0.248. The van der Waals surface area contributed by atoms with Crippen LogP contribution in [0, 0.1) is 0 Å². The quantitative estimate of drug-likeness (QED) is 0.530. The SMILES string of the molecule is COc1ccc(C[C@H](NC(=O)Nc2ccc(Cl)cc2)c2cn(CS(C)(=O)=O)nn2)cc1. The van der Waals surface area contributed by atoms with Gasteiger partial charge in [0.1, 0.15) is 17.3 Å². The number of ether oxygens (including phenoxy) is 1. The first-order chi connectivity index (χ1) is 14.7. The molecule has 1 aromatic heterocycles. The van der Waals surface area contributed by atoms with Gasteiger partial charge in [-0.1, -0.05) is 28.9 Å². The molecule has 3 aromatic rings. The number of hydrogen-bond donors (Lipinski definition) is 2. The third-order valence-electron chi connectivity index (χ3n) is 4.29. The van der Waals surface area contributed by atoms with E-state index < -0.39 is 21.9 Å².